The van der Waals surface area contributed by atoms with E-state index >= 15 is 0 Å². The Kier molecular flexibility index (Phi) is 4.14. The summed E-state index contributed by atoms with van der Waals surface area (Å²) < 4.78 is 5.50. The quantitative estimate of drug-likeness (QED) is 0.508. The van der Waals surface area contributed by atoms with E-state index < -0.39 is 0 Å². The molecule has 1 aromatic carbocycles. The van der Waals surface area contributed by atoms with E-state index in [9.17, 15) is 0 Å². The van der Waals surface area contributed by atoms with E-state index in [0.29, 0.717) is 26.4 Å². The van der Waals surface area contributed by atoms with Crippen molar-refractivity contribution in [2.24, 2.45) is 5.73 Å². The molecular formula is C12H8Cl3N3O. The van der Waals surface area contributed by atoms with Gasteiger partial charge in [-0.25, -0.2) is 4.98 Å². The van der Waals surface area contributed by atoms with Gasteiger partial charge in [-0.1, -0.05) is 34.8 Å². The van der Waals surface area contributed by atoms with Crippen LogP contribution in [0.2, 0.25) is 15.1 Å². The first kappa shape index (κ1) is 13.9. The first-order chi connectivity index (χ1) is 8.97. The second-order valence-electron chi connectivity index (χ2n) is 3.60. The van der Waals surface area contributed by atoms with Gasteiger partial charge in [-0.05, 0) is 12.1 Å². The lowest BCUT2D eigenvalue weighted by molar-refractivity contribution is 0.463. The second kappa shape index (κ2) is 5.65. The zero-order valence-corrected chi connectivity index (χ0v) is 11.7. The van der Waals surface area contributed by atoms with Crippen LogP contribution in [0.5, 0.6) is 11.6 Å². The van der Waals surface area contributed by atoms with Crippen molar-refractivity contribution in [3.05, 3.63) is 51.1 Å². The number of aromatic nitrogens is 1. The van der Waals surface area contributed by atoms with Crippen molar-refractivity contribution in [3.8, 4) is 11.6 Å². The fourth-order valence-corrected chi connectivity index (χ4v) is 1.90. The van der Waals surface area contributed by atoms with Crippen LogP contribution in [0.3, 0.4) is 0 Å². The van der Waals surface area contributed by atoms with Crippen molar-refractivity contribution in [2.75, 3.05) is 0 Å². The molecule has 19 heavy (non-hydrogen) atoms. The summed E-state index contributed by atoms with van der Waals surface area (Å²) in [4.78, 5) is 4.00. The van der Waals surface area contributed by atoms with Crippen molar-refractivity contribution in [1.29, 1.82) is 5.41 Å². The molecule has 0 saturated carbocycles. The molecule has 1 heterocycles. The number of nitrogens with one attached hydrogen (secondary N) is 1. The highest BCUT2D eigenvalue weighted by Gasteiger charge is 2.09. The zero-order chi connectivity index (χ0) is 14.0. The van der Waals surface area contributed by atoms with Crippen LogP contribution in [0.15, 0.2) is 30.5 Å². The fraction of sp³-hybridized carbons (Fsp3) is 0. The summed E-state index contributed by atoms with van der Waals surface area (Å²) >= 11 is 17.7. The maximum atomic E-state index is 7.35. The molecule has 3 N–H and O–H groups in total. The molecule has 0 saturated heterocycles. The Labute approximate surface area is 124 Å². The number of rotatable bonds is 3. The molecule has 7 heteroatoms. The van der Waals surface area contributed by atoms with E-state index in [1.807, 2.05) is 0 Å². The number of amidine groups is 1. The van der Waals surface area contributed by atoms with Gasteiger partial charge in [0.1, 0.15) is 11.6 Å². The van der Waals surface area contributed by atoms with Gasteiger partial charge in [0.2, 0.25) is 5.88 Å². The Morgan fingerprint density at radius 3 is 2.47 bits per heavy atom. The number of nitrogens with two attached hydrogens (primary N) is 1. The number of benzene rings is 1. The van der Waals surface area contributed by atoms with Crippen molar-refractivity contribution < 1.29 is 4.74 Å². The predicted octanol–water partition coefficient (Wildman–Crippen LogP) is 4.12. The van der Waals surface area contributed by atoms with Gasteiger partial charge in [-0.2, -0.15) is 0 Å². The number of halogens is 3. The third-order valence-electron chi connectivity index (χ3n) is 2.24. The van der Waals surface area contributed by atoms with Crippen LogP contribution in [0.1, 0.15) is 5.56 Å². The summed E-state index contributed by atoms with van der Waals surface area (Å²) in [6.07, 6.45) is 1.48. The van der Waals surface area contributed by atoms with Crippen molar-refractivity contribution in [1.82, 2.24) is 4.98 Å². The molecule has 2 rings (SSSR count). The molecule has 4 nitrogen and oxygen atoms in total. The van der Waals surface area contributed by atoms with Crippen LogP contribution in [0, 0.1) is 5.41 Å². The van der Waals surface area contributed by atoms with Gasteiger partial charge in [0.25, 0.3) is 0 Å². The highest BCUT2D eigenvalue weighted by Crippen LogP contribution is 2.35. The Balaban J connectivity index is 2.33. The second-order valence-corrected chi connectivity index (χ2v) is 4.82. The van der Waals surface area contributed by atoms with Gasteiger partial charge >= 0.3 is 0 Å². The van der Waals surface area contributed by atoms with Crippen molar-refractivity contribution in [2.45, 2.75) is 0 Å². The van der Waals surface area contributed by atoms with Gasteiger partial charge in [0, 0.05) is 23.9 Å². The SMILES string of the molecule is N=C(N)c1ccnc(Oc2cc(Cl)c(Cl)cc2Cl)c1. The smallest absolute Gasteiger partial charge is 0.219 e. The number of nitrogen functional groups attached to an aromatic ring is 1. The monoisotopic (exact) mass is 315 g/mol. The Hall–Kier alpha value is -1.49. The predicted molar refractivity (Wildman–Crippen MR) is 76.8 cm³/mol. The van der Waals surface area contributed by atoms with E-state index in [4.69, 9.17) is 50.7 Å². The summed E-state index contributed by atoms with van der Waals surface area (Å²) in [5.41, 5.74) is 5.89. The third-order valence-corrected chi connectivity index (χ3v) is 3.25. The van der Waals surface area contributed by atoms with Gasteiger partial charge in [0.05, 0.1) is 15.1 Å². The maximum Gasteiger partial charge on any atom is 0.219 e. The van der Waals surface area contributed by atoms with E-state index in [2.05, 4.69) is 4.98 Å². The molecule has 0 unspecified atom stereocenters. The summed E-state index contributed by atoms with van der Waals surface area (Å²) in [5, 5.41) is 8.32. The molecule has 0 amide bonds. The first-order valence-electron chi connectivity index (χ1n) is 5.10. The normalized spacial score (nSPS) is 10.3. The summed E-state index contributed by atoms with van der Waals surface area (Å²) in [7, 11) is 0. The summed E-state index contributed by atoms with van der Waals surface area (Å²) in [6, 6.07) is 6.11. The minimum Gasteiger partial charge on any atom is -0.437 e. The lowest BCUT2D eigenvalue weighted by atomic mass is 10.2. The lowest BCUT2D eigenvalue weighted by Crippen LogP contribution is -2.11. The molecule has 2 aromatic rings. The minimum absolute atomic E-state index is 0.0764. The Morgan fingerprint density at radius 1 is 1.11 bits per heavy atom. The van der Waals surface area contributed by atoms with E-state index in [1.165, 1.54) is 24.4 Å². The maximum absolute atomic E-state index is 7.35. The molecule has 0 aliphatic heterocycles. The average molecular weight is 317 g/mol. The van der Waals surface area contributed by atoms with Crippen LogP contribution in [0.4, 0.5) is 0 Å². The number of nitrogens with zero attached hydrogens (tertiary/aromatic N) is 1. The van der Waals surface area contributed by atoms with E-state index in [1.54, 1.807) is 6.07 Å². The van der Waals surface area contributed by atoms with Crippen molar-refractivity contribution >= 4 is 40.6 Å². The molecule has 0 atom stereocenters. The molecule has 0 radical (unpaired) electrons. The van der Waals surface area contributed by atoms with Crippen LogP contribution in [-0.2, 0) is 0 Å². The molecule has 98 valence electrons. The summed E-state index contributed by atoms with van der Waals surface area (Å²) in [6.45, 7) is 0. The minimum atomic E-state index is -0.0764. The van der Waals surface area contributed by atoms with Crippen molar-refractivity contribution in [3.63, 3.8) is 0 Å². The standard InChI is InChI=1S/C12H8Cl3N3O/c13-7-4-9(15)10(5-8(7)14)19-11-3-6(12(16)17)1-2-18-11/h1-5H,(H3,16,17). The van der Waals surface area contributed by atoms with E-state index in [-0.39, 0.29) is 11.7 Å². The number of pyridine rings is 1. The highest BCUT2D eigenvalue weighted by molar-refractivity contribution is 6.43. The van der Waals surface area contributed by atoms with Gasteiger partial charge in [-0.3, -0.25) is 5.41 Å². The molecule has 0 bridgehead atoms. The number of hydrogen-bond acceptors (Lipinski definition) is 3. The largest absolute Gasteiger partial charge is 0.437 e. The molecular weight excluding hydrogens is 309 g/mol. The van der Waals surface area contributed by atoms with Crippen LogP contribution < -0.4 is 10.5 Å². The Morgan fingerprint density at radius 2 is 1.79 bits per heavy atom. The average Bonchev–Trinajstić information content (AvgIpc) is 2.36. The molecule has 0 aliphatic carbocycles. The third kappa shape index (κ3) is 3.29. The van der Waals surface area contributed by atoms with Crippen LogP contribution in [-0.4, -0.2) is 10.8 Å². The van der Waals surface area contributed by atoms with Crippen LogP contribution >= 0.6 is 34.8 Å². The van der Waals surface area contributed by atoms with Gasteiger partial charge in [0.15, 0.2) is 0 Å². The van der Waals surface area contributed by atoms with Crippen LogP contribution in [0.25, 0.3) is 0 Å². The summed E-state index contributed by atoms with van der Waals surface area (Å²) in [5.74, 6) is 0.504. The Bertz CT molecular complexity index is 646. The topological polar surface area (TPSA) is 72.0 Å². The number of hydrogen-bond donors (Lipinski definition) is 2. The fourth-order valence-electron chi connectivity index (χ4n) is 1.33. The van der Waals surface area contributed by atoms with Gasteiger partial charge in [-0.15, -0.1) is 0 Å². The zero-order valence-electron chi connectivity index (χ0n) is 9.45. The molecule has 1 aromatic heterocycles. The van der Waals surface area contributed by atoms with Gasteiger partial charge < -0.3 is 10.5 Å². The molecule has 0 fully saturated rings. The number of ether oxygens (including phenoxy) is 1. The first-order valence-corrected chi connectivity index (χ1v) is 6.23. The molecule has 0 aliphatic rings. The highest BCUT2D eigenvalue weighted by atomic mass is 35.5. The lowest BCUT2D eigenvalue weighted by Gasteiger charge is -2.08. The molecule has 0 spiro atoms. The van der Waals surface area contributed by atoms with E-state index in [0.717, 1.165) is 0 Å².